The molecule has 212 valence electrons. The van der Waals surface area contributed by atoms with E-state index in [0.29, 0.717) is 21.7 Å². The van der Waals surface area contributed by atoms with Crippen molar-refractivity contribution >= 4 is 23.6 Å². The number of aliphatic carboxylic acids is 3. The Kier molecular flexibility index (Phi) is 8.10. The number of nitrogens with one attached hydrogen (secondary N) is 2. The zero-order valence-corrected chi connectivity index (χ0v) is 20.3. The fourth-order valence-corrected chi connectivity index (χ4v) is 4.89. The number of carboxylic acid groups (broad SMARTS) is 3. The number of ether oxygens (including phenoxy) is 2. The van der Waals surface area contributed by atoms with Crippen molar-refractivity contribution in [3.05, 3.63) is 41.1 Å². The minimum atomic E-state index is -1.73. The van der Waals surface area contributed by atoms with Gasteiger partial charge in [-0.3, -0.25) is 4.90 Å². The van der Waals surface area contributed by atoms with Crippen LogP contribution >= 0.6 is 0 Å². The molecular formula is C24H28N2O13. The van der Waals surface area contributed by atoms with Gasteiger partial charge in [-0.25, -0.2) is 9.59 Å². The molecule has 8 atom stereocenters. The van der Waals surface area contributed by atoms with E-state index in [4.69, 9.17) is 9.47 Å². The van der Waals surface area contributed by atoms with Gasteiger partial charge in [-0.15, -0.1) is 0 Å². The van der Waals surface area contributed by atoms with Crippen molar-refractivity contribution in [3.8, 4) is 11.5 Å². The minimum absolute atomic E-state index is 0.0108. The zero-order chi connectivity index (χ0) is 28.6. The first-order valence-electron chi connectivity index (χ1n) is 11.9. The van der Waals surface area contributed by atoms with Crippen molar-refractivity contribution in [1.29, 1.82) is 0 Å². The van der Waals surface area contributed by atoms with Gasteiger partial charge in [-0.2, -0.15) is 0 Å². The van der Waals surface area contributed by atoms with Gasteiger partial charge in [0, 0.05) is 24.5 Å². The lowest BCUT2D eigenvalue weighted by Gasteiger charge is -2.39. The lowest BCUT2D eigenvalue weighted by atomic mass is 9.99. The smallest absolute Gasteiger partial charge is 0.351 e. The van der Waals surface area contributed by atoms with Gasteiger partial charge in [0.2, 0.25) is 6.29 Å². The lowest BCUT2D eigenvalue weighted by molar-refractivity contribution is -0.840. The van der Waals surface area contributed by atoms with E-state index < -0.39 is 73.1 Å². The molecule has 1 aromatic rings. The molecule has 1 saturated heterocycles. The van der Waals surface area contributed by atoms with Gasteiger partial charge in [-0.1, -0.05) is 0 Å². The highest BCUT2D eigenvalue weighted by molar-refractivity contribution is 5.89. The number of carbonyl (C=O) groups is 3. The highest BCUT2D eigenvalue weighted by Crippen LogP contribution is 2.36. The topological polar surface area (TPSA) is 251 Å². The third kappa shape index (κ3) is 5.68. The normalized spacial score (nSPS) is 33.1. The molecule has 15 heteroatoms. The van der Waals surface area contributed by atoms with E-state index in [0.717, 1.165) is 0 Å². The Morgan fingerprint density at radius 3 is 2.46 bits per heavy atom. The summed E-state index contributed by atoms with van der Waals surface area (Å²) in [7, 11) is 0. The fraction of sp³-hybridized carbons (Fsp3) is 0.458. The summed E-state index contributed by atoms with van der Waals surface area (Å²) in [4.78, 5) is 35.1. The Labute approximate surface area is 220 Å². The van der Waals surface area contributed by atoms with Crippen LogP contribution in [0.4, 0.5) is 5.69 Å². The van der Waals surface area contributed by atoms with E-state index in [1.165, 1.54) is 24.3 Å². The molecule has 9 N–H and O–H groups in total. The van der Waals surface area contributed by atoms with Crippen LogP contribution in [0.1, 0.15) is 12.0 Å². The van der Waals surface area contributed by atoms with Crippen LogP contribution in [0.25, 0.3) is 0 Å². The summed E-state index contributed by atoms with van der Waals surface area (Å²) < 4.78 is 10.8. The summed E-state index contributed by atoms with van der Waals surface area (Å²) in [6.07, 6.45) is -5.17. The second kappa shape index (κ2) is 11.2. The van der Waals surface area contributed by atoms with Gasteiger partial charge in [0.05, 0.1) is 6.61 Å². The van der Waals surface area contributed by atoms with Crippen LogP contribution in [0.3, 0.4) is 0 Å². The first kappa shape index (κ1) is 28.3. The number of aliphatic hydroxyl groups is 4. The second-order valence-corrected chi connectivity index (χ2v) is 9.48. The number of allylic oxidation sites excluding steroid dienone is 1. The van der Waals surface area contributed by atoms with Crippen molar-refractivity contribution in [2.24, 2.45) is 0 Å². The van der Waals surface area contributed by atoms with Crippen LogP contribution in [-0.4, -0.2) is 110 Å². The molecule has 0 bridgehead atoms. The Bertz CT molecular complexity index is 1210. The third-order valence-corrected chi connectivity index (χ3v) is 6.96. The van der Waals surface area contributed by atoms with E-state index in [-0.39, 0.29) is 30.8 Å². The van der Waals surface area contributed by atoms with Crippen LogP contribution in [0.5, 0.6) is 11.5 Å². The van der Waals surface area contributed by atoms with Gasteiger partial charge in [0.25, 0.3) is 0 Å². The molecule has 4 rings (SSSR count). The Hall–Kier alpha value is -3.73. The van der Waals surface area contributed by atoms with Gasteiger partial charge < -0.3 is 60.4 Å². The molecule has 3 aliphatic heterocycles. The number of benzene rings is 1. The number of carboxylic acids is 3. The number of phenolic OH excluding ortho intramolecular Hbond substituents is 1. The van der Waals surface area contributed by atoms with E-state index in [2.05, 4.69) is 5.32 Å². The number of phenols is 1. The third-order valence-electron chi connectivity index (χ3n) is 6.96. The van der Waals surface area contributed by atoms with Crippen LogP contribution < -0.4 is 20.1 Å². The average molecular weight is 552 g/mol. The average Bonchev–Trinajstić information content (AvgIpc) is 3.24. The molecule has 0 aliphatic carbocycles. The van der Waals surface area contributed by atoms with Gasteiger partial charge in [0.15, 0.2) is 11.5 Å². The molecule has 1 aromatic carbocycles. The summed E-state index contributed by atoms with van der Waals surface area (Å²) >= 11 is 0. The van der Waals surface area contributed by atoms with Crippen LogP contribution in [-0.2, 0) is 25.5 Å². The van der Waals surface area contributed by atoms with E-state index >= 15 is 0 Å². The molecule has 0 aromatic heterocycles. The van der Waals surface area contributed by atoms with Crippen molar-refractivity contribution in [3.63, 3.8) is 0 Å². The molecule has 0 spiro atoms. The molecule has 15 nitrogen and oxygen atoms in total. The quantitative estimate of drug-likeness (QED) is 0.147. The SMILES string of the molecule is O=C(O)C1=CC(=CC[NH+]2c3cc(O)c(O[C@@H]4O[C@H](CO)[C@@H](O)[C@H](O)[C@H]4O)cc3C[C@H]2C(=O)[O-])C[C@@H](C(=O)O)N1. The highest BCUT2D eigenvalue weighted by Gasteiger charge is 2.45. The molecule has 1 unspecified atom stereocenters. The minimum Gasteiger partial charge on any atom is -0.544 e. The molecule has 0 saturated carbocycles. The second-order valence-electron chi connectivity index (χ2n) is 9.48. The maximum atomic E-state index is 11.9. The zero-order valence-electron chi connectivity index (χ0n) is 20.3. The number of aliphatic hydroxyl groups excluding tert-OH is 4. The summed E-state index contributed by atoms with van der Waals surface area (Å²) in [5, 5.41) is 83.0. The van der Waals surface area contributed by atoms with Gasteiger partial charge >= 0.3 is 11.9 Å². The molecule has 3 aliphatic rings. The number of aromatic hydroxyl groups is 1. The summed E-state index contributed by atoms with van der Waals surface area (Å²) in [5.41, 5.74) is 0.848. The van der Waals surface area contributed by atoms with E-state index in [1.54, 1.807) is 0 Å². The van der Waals surface area contributed by atoms with Gasteiger partial charge in [0.1, 0.15) is 60.4 Å². The summed E-state index contributed by atoms with van der Waals surface area (Å²) in [6.45, 7) is -0.697. The Balaban J connectivity index is 1.59. The number of rotatable bonds is 8. The largest absolute Gasteiger partial charge is 0.544 e. The number of carbonyl (C=O) groups excluding carboxylic acids is 1. The first-order valence-corrected chi connectivity index (χ1v) is 11.9. The number of hydrogen-bond donors (Lipinski definition) is 9. The predicted molar refractivity (Wildman–Crippen MR) is 123 cm³/mol. The van der Waals surface area contributed by atoms with Crippen molar-refractivity contribution in [1.82, 2.24) is 5.32 Å². The molecular weight excluding hydrogens is 524 g/mol. The molecule has 0 radical (unpaired) electrons. The molecule has 3 heterocycles. The summed E-state index contributed by atoms with van der Waals surface area (Å²) in [6, 6.07) is 0.275. The molecule has 0 amide bonds. The van der Waals surface area contributed by atoms with Crippen LogP contribution in [0, 0.1) is 0 Å². The van der Waals surface area contributed by atoms with Gasteiger partial charge in [-0.05, 0) is 23.8 Å². The standard InChI is InChI=1S/C24H28N2O13/c27-8-17-18(29)19(30)20(31)24(39-17)38-16-6-10-5-14(23(36)37)26(13(10)7-15(16)28)2-1-9-3-11(21(32)33)25-12(4-9)22(34)35/h1,3,6-7,12,14,17-20,24-25,27-31H,2,4-5,8H2,(H,32,33)(H,34,35)(H,36,37)/t12-,14-,17+,18+,19-,20+,24+/m0/s1. The van der Waals surface area contributed by atoms with E-state index in [1.807, 2.05) is 0 Å². The number of quaternary nitrogens is 1. The maximum Gasteiger partial charge on any atom is 0.351 e. The summed E-state index contributed by atoms with van der Waals surface area (Å²) in [5.74, 6) is -4.68. The monoisotopic (exact) mass is 552 g/mol. The van der Waals surface area contributed by atoms with Crippen LogP contribution in [0.15, 0.2) is 35.6 Å². The van der Waals surface area contributed by atoms with Crippen molar-refractivity contribution in [2.45, 2.75) is 55.6 Å². The first-order chi connectivity index (χ1) is 18.4. The molecule has 1 fully saturated rings. The fourth-order valence-electron chi connectivity index (χ4n) is 4.89. The van der Waals surface area contributed by atoms with Crippen LogP contribution in [0.2, 0.25) is 0 Å². The maximum absolute atomic E-state index is 11.9. The number of fused-ring (bicyclic) bond motifs is 1. The Morgan fingerprint density at radius 1 is 1.13 bits per heavy atom. The highest BCUT2D eigenvalue weighted by atomic mass is 16.7. The lowest BCUT2D eigenvalue weighted by Crippen LogP contribution is -3.11. The van der Waals surface area contributed by atoms with E-state index in [9.17, 15) is 55.2 Å². The predicted octanol–water partition coefficient (Wildman–Crippen LogP) is -4.90. The number of hydrogen-bond acceptors (Lipinski definition) is 12. The van der Waals surface area contributed by atoms with Crippen molar-refractivity contribution < 1.29 is 69.6 Å². The van der Waals surface area contributed by atoms with Crippen molar-refractivity contribution in [2.75, 3.05) is 13.2 Å². The molecule has 39 heavy (non-hydrogen) atoms. The Morgan fingerprint density at radius 2 is 1.85 bits per heavy atom.